The van der Waals surface area contributed by atoms with Gasteiger partial charge in [0.25, 0.3) is 11.8 Å². The van der Waals surface area contributed by atoms with Crippen LogP contribution in [0.1, 0.15) is 27.6 Å². The third kappa shape index (κ3) is 4.73. The fraction of sp³-hybridized carbons (Fsp3) is 0.167. The van der Waals surface area contributed by atoms with E-state index in [1.165, 1.54) is 26.2 Å². The normalized spacial score (nSPS) is 10.1. The van der Waals surface area contributed by atoms with Crippen LogP contribution in [0, 0.1) is 0 Å². The van der Waals surface area contributed by atoms with Crippen LogP contribution in [-0.2, 0) is 4.79 Å². The van der Waals surface area contributed by atoms with Gasteiger partial charge >= 0.3 is 0 Å². The Morgan fingerprint density at radius 3 is 2.50 bits per heavy atom. The van der Waals surface area contributed by atoms with Crippen molar-refractivity contribution in [2.24, 2.45) is 5.73 Å². The molecule has 0 aromatic heterocycles. The average molecular weight is 377 g/mol. The second-order valence-corrected chi connectivity index (χ2v) is 5.74. The zero-order chi connectivity index (χ0) is 19.3. The predicted molar refractivity (Wildman–Crippen MR) is 97.1 cm³/mol. The number of carbonyl (C=O) groups excluding carboxylic acids is 3. The minimum Gasteiger partial charge on any atom is -0.493 e. The number of Topliss-reactive ketones (excluding diaryl/α,β-unsaturated/α-hetero) is 1. The molecule has 0 saturated carbocycles. The summed E-state index contributed by atoms with van der Waals surface area (Å²) in [6.07, 6.45) is 0. The van der Waals surface area contributed by atoms with Gasteiger partial charge in [0.1, 0.15) is 0 Å². The van der Waals surface area contributed by atoms with Gasteiger partial charge in [0.15, 0.2) is 23.9 Å². The van der Waals surface area contributed by atoms with Gasteiger partial charge in [-0.3, -0.25) is 14.4 Å². The Bertz CT molecular complexity index is 867. The molecule has 0 bridgehead atoms. The highest BCUT2D eigenvalue weighted by Gasteiger charge is 2.17. The molecule has 0 radical (unpaired) electrons. The molecule has 136 valence electrons. The minimum atomic E-state index is -0.671. The second kappa shape index (κ2) is 8.35. The molecule has 0 fully saturated rings. The molecule has 0 heterocycles. The van der Waals surface area contributed by atoms with Crippen LogP contribution in [-0.4, -0.2) is 31.3 Å². The topological polar surface area (TPSA) is 108 Å². The summed E-state index contributed by atoms with van der Waals surface area (Å²) in [5.41, 5.74) is 6.20. The van der Waals surface area contributed by atoms with Gasteiger partial charge in [-0.1, -0.05) is 23.7 Å². The summed E-state index contributed by atoms with van der Waals surface area (Å²) in [6.45, 7) is 1.07. The van der Waals surface area contributed by atoms with Gasteiger partial charge < -0.3 is 20.5 Å². The van der Waals surface area contributed by atoms with Crippen molar-refractivity contribution in [3.05, 3.63) is 52.5 Å². The van der Waals surface area contributed by atoms with Crippen LogP contribution in [0.5, 0.6) is 11.5 Å². The van der Waals surface area contributed by atoms with Crippen LogP contribution in [0.15, 0.2) is 36.4 Å². The van der Waals surface area contributed by atoms with E-state index in [2.05, 4.69) is 5.32 Å². The van der Waals surface area contributed by atoms with Crippen LogP contribution >= 0.6 is 11.6 Å². The number of nitrogens with two attached hydrogens (primary N) is 1. The highest BCUT2D eigenvalue weighted by Crippen LogP contribution is 2.36. The van der Waals surface area contributed by atoms with E-state index >= 15 is 0 Å². The largest absolute Gasteiger partial charge is 0.493 e. The van der Waals surface area contributed by atoms with E-state index in [9.17, 15) is 14.4 Å². The standard InChI is InChI=1S/C18H17ClN2O5/c1-10(22)11-4-3-5-13(6-11)21-18(24)12-7-14(19)17(15(8-12)25-2)26-9-16(20)23/h3-8H,9H2,1-2H3,(H2,20,23)(H,21,24). The Morgan fingerprint density at radius 2 is 1.88 bits per heavy atom. The molecule has 2 amide bonds. The highest BCUT2D eigenvalue weighted by molar-refractivity contribution is 6.32. The lowest BCUT2D eigenvalue weighted by molar-refractivity contribution is -0.119. The third-order valence-corrected chi connectivity index (χ3v) is 3.66. The first kappa shape index (κ1) is 19.3. The number of hydrogen-bond donors (Lipinski definition) is 2. The Balaban J connectivity index is 2.26. The van der Waals surface area contributed by atoms with Gasteiger partial charge in [-0.15, -0.1) is 0 Å². The molecule has 2 aromatic rings. The van der Waals surface area contributed by atoms with E-state index in [1.54, 1.807) is 24.3 Å². The molecule has 0 aliphatic rings. The summed E-state index contributed by atoms with van der Waals surface area (Å²) in [5, 5.41) is 2.77. The number of benzene rings is 2. The van der Waals surface area contributed by atoms with Crippen molar-refractivity contribution in [2.75, 3.05) is 19.0 Å². The highest BCUT2D eigenvalue weighted by atomic mass is 35.5. The number of primary amides is 1. The summed E-state index contributed by atoms with van der Waals surface area (Å²) in [5.74, 6) is -0.936. The first-order chi connectivity index (χ1) is 12.3. The van der Waals surface area contributed by atoms with Crippen LogP contribution in [0.2, 0.25) is 5.02 Å². The molecule has 0 aliphatic carbocycles. The number of halogens is 1. The van der Waals surface area contributed by atoms with Crippen LogP contribution in [0.3, 0.4) is 0 Å². The molecule has 0 unspecified atom stereocenters. The van der Waals surface area contributed by atoms with Gasteiger partial charge in [0.05, 0.1) is 12.1 Å². The summed E-state index contributed by atoms with van der Waals surface area (Å²) in [6, 6.07) is 9.36. The monoisotopic (exact) mass is 376 g/mol. The Kier molecular flexibility index (Phi) is 6.19. The van der Waals surface area contributed by atoms with E-state index < -0.39 is 11.8 Å². The smallest absolute Gasteiger partial charge is 0.255 e. The van der Waals surface area contributed by atoms with E-state index in [0.717, 1.165) is 0 Å². The van der Waals surface area contributed by atoms with Gasteiger partial charge in [-0.2, -0.15) is 0 Å². The Morgan fingerprint density at radius 1 is 1.15 bits per heavy atom. The molecular weight excluding hydrogens is 360 g/mol. The van der Waals surface area contributed by atoms with Crippen LogP contribution in [0.25, 0.3) is 0 Å². The first-order valence-electron chi connectivity index (χ1n) is 7.52. The number of anilines is 1. The minimum absolute atomic E-state index is 0.0910. The fourth-order valence-electron chi connectivity index (χ4n) is 2.15. The maximum Gasteiger partial charge on any atom is 0.255 e. The van der Waals surface area contributed by atoms with Crippen molar-refractivity contribution in [1.82, 2.24) is 0 Å². The zero-order valence-corrected chi connectivity index (χ0v) is 14.9. The molecule has 2 rings (SSSR count). The number of rotatable bonds is 7. The molecule has 3 N–H and O–H groups in total. The van der Waals surface area contributed by atoms with Crippen molar-refractivity contribution in [2.45, 2.75) is 6.92 Å². The van der Waals surface area contributed by atoms with Gasteiger partial charge in [0, 0.05) is 16.8 Å². The van der Waals surface area contributed by atoms with Crippen molar-refractivity contribution in [3.63, 3.8) is 0 Å². The van der Waals surface area contributed by atoms with E-state index in [4.69, 9.17) is 26.8 Å². The molecule has 8 heteroatoms. The second-order valence-electron chi connectivity index (χ2n) is 5.34. The van der Waals surface area contributed by atoms with E-state index in [0.29, 0.717) is 11.3 Å². The number of hydrogen-bond acceptors (Lipinski definition) is 5. The van der Waals surface area contributed by atoms with Crippen LogP contribution < -0.4 is 20.5 Å². The fourth-order valence-corrected chi connectivity index (χ4v) is 2.42. The molecule has 0 spiro atoms. The molecule has 0 atom stereocenters. The van der Waals surface area contributed by atoms with E-state index in [1.807, 2.05) is 0 Å². The lowest BCUT2D eigenvalue weighted by Gasteiger charge is -2.13. The first-order valence-corrected chi connectivity index (χ1v) is 7.90. The zero-order valence-electron chi connectivity index (χ0n) is 14.2. The third-order valence-electron chi connectivity index (χ3n) is 3.38. The van der Waals surface area contributed by atoms with Crippen LogP contribution in [0.4, 0.5) is 5.69 Å². The average Bonchev–Trinajstić information content (AvgIpc) is 2.59. The lowest BCUT2D eigenvalue weighted by Crippen LogP contribution is -2.20. The van der Waals surface area contributed by atoms with Crippen molar-refractivity contribution in [1.29, 1.82) is 0 Å². The van der Waals surface area contributed by atoms with E-state index in [-0.39, 0.29) is 34.5 Å². The van der Waals surface area contributed by atoms with Gasteiger partial charge in [-0.05, 0) is 31.2 Å². The Labute approximate surface area is 155 Å². The maximum absolute atomic E-state index is 12.5. The summed E-state index contributed by atoms with van der Waals surface area (Å²) < 4.78 is 10.4. The Hall–Kier alpha value is -3.06. The van der Waals surface area contributed by atoms with Crippen molar-refractivity contribution < 1.29 is 23.9 Å². The van der Waals surface area contributed by atoms with Gasteiger partial charge in [0.2, 0.25) is 0 Å². The molecule has 0 saturated heterocycles. The summed E-state index contributed by atoms with van der Waals surface area (Å²) in [4.78, 5) is 34.8. The molecule has 7 nitrogen and oxygen atoms in total. The molecule has 26 heavy (non-hydrogen) atoms. The predicted octanol–water partition coefficient (Wildman–Crippen LogP) is 2.67. The summed E-state index contributed by atoms with van der Waals surface area (Å²) in [7, 11) is 1.38. The molecular formula is C18H17ClN2O5. The quantitative estimate of drug-likeness (QED) is 0.722. The molecule has 0 aliphatic heterocycles. The maximum atomic E-state index is 12.5. The number of ketones is 1. The number of carbonyl (C=O) groups is 3. The van der Waals surface area contributed by atoms with Crippen molar-refractivity contribution >= 4 is 34.9 Å². The lowest BCUT2D eigenvalue weighted by atomic mass is 10.1. The number of nitrogens with one attached hydrogen (secondary N) is 1. The number of ether oxygens (including phenoxy) is 2. The van der Waals surface area contributed by atoms with Gasteiger partial charge in [-0.25, -0.2) is 0 Å². The number of amides is 2. The number of methoxy groups -OCH3 is 1. The van der Waals surface area contributed by atoms with Crippen molar-refractivity contribution in [3.8, 4) is 11.5 Å². The molecule has 2 aromatic carbocycles. The summed E-state index contributed by atoms with van der Waals surface area (Å²) >= 11 is 6.13. The SMILES string of the molecule is COc1cc(C(=O)Nc2cccc(C(C)=O)c2)cc(Cl)c1OCC(N)=O.